The van der Waals surface area contributed by atoms with Crippen LogP contribution in [0.2, 0.25) is 0 Å². The molecule has 9 heteroatoms. The topological polar surface area (TPSA) is 100 Å². The fourth-order valence-corrected chi connectivity index (χ4v) is 4.29. The van der Waals surface area contributed by atoms with E-state index in [1.807, 2.05) is 18.2 Å². The quantitative estimate of drug-likeness (QED) is 0.397. The van der Waals surface area contributed by atoms with Crippen LogP contribution in [0.25, 0.3) is 22.2 Å². The third-order valence-corrected chi connectivity index (χ3v) is 6.15. The minimum absolute atomic E-state index is 0.102. The molecule has 8 nitrogen and oxygen atoms in total. The molecule has 1 aromatic carbocycles. The Morgan fingerprint density at radius 1 is 1.00 bits per heavy atom. The number of carboxylic acids is 1. The molecule has 0 amide bonds. The summed E-state index contributed by atoms with van der Waals surface area (Å²) in [6, 6.07) is 11.2. The van der Waals surface area contributed by atoms with Gasteiger partial charge in [0.15, 0.2) is 5.78 Å². The smallest absolute Gasteiger partial charge is 0.305 e. The Labute approximate surface area is 201 Å². The lowest BCUT2D eigenvalue weighted by molar-refractivity contribution is -0.137. The van der Waals surface area contributed by atoms with Crippen molar-refractivity contribution in [2.24, 2.45) is 0 Å². The molecule has 35 heavy (non-hydrogen) atoms. The number of carboxylic acid groups (broad SMARTS) is 1. The van der Waals surface area contributed by atoms with Gasteiger partial charge in [-0.05, 0) is 42.5 Å². The van der Waals surface area contributed by atoms with Gasteiger partial charge in [-0.1, -0.05) is 0 Å². The fraction of sp³-hybridized carbons (Fsp3) is 0.231. The van der Waals surface area contributed by atoms with Crippen molar-refractivity contribution < 1.29 is 19.1 Å². The number of ketones is 1. The predicted octanol–water partition coefficient (Wildman–Crippen LogP) is 3.35. The summed E-state index contributed by atoms with van der Waals surface area (Å²) in [4.78, 5) is 35.8. The van der Waals surface area contributed by atoms with Crippen molar-refractivity contribution in [1.29, 1.82) is 0 Å². The first-order valence-electron chi connectivity index (χ1n) is 11.4. The highest BCUT2D eigenvalue weighted by Gasteiger charge is 2.19. The van der Waals surface area contributed by atoms with Gasteiger partial charge in [-0.2, -0.15) is 0 Å². The van der Waals surface area contributed by atoms with Gasteiger partial charge in [0.1, 0.15) is 17.3 Å². The Kier molecular flexibility index (Phi) is 6.24. The molecule has 1 saturated heterocycles. The van der Waals surface area contributed by atoms with Crippen LogP contribution in [0.3, 0.4) is 0 Å². The minimum Gasteiger partial charge on any atom is -0.481 e. The van der Waals surface area contributed by atoms with E-state index in [1.54, 1.807) is 23.2 Å². The fourth-order valence-electron chi connectivity index (χ4n) is 4.29. The number of pyridine rings is 2. The third kappa shape index (κ3) is 4.76. The maximum absolute atomic E-state index is 13.4. The zero-order chi connectivity index (χ0) is 24.4. The van der Waals surface area contributed by atoms with E-state index in [0.29, 0.717) is 22.2 Å². The molecule has 0 spiro atoms. The Bertz CT molecular complexity index is 1380. The van der Waals surface area contributed by atoms with E-state index < -0.39 is 11.8 Å². The molecular weight excluding hydrogens is 449 g/mol. The molecule has 1 aliphatic rings. The first-order chi connectivity index (χ1) is 17.0. The molecule has 0 saturated carbocycles. The molecule has 4 heterocycles. The van der Waals surface area contributed by atoms with Crippen LogP contribution in [0, 0.1) is 5.82 Å². The molecule has 4 aromatic rings. The van der Waals surface area contributed by atoms with Crippen molar-refractivity contribution in [3.05, 3.63) is 78.0 Å². The summed E-state index contributed by atoms with van der Waals surface area (Å²) < 4.78 is 15.1. The van der Waals surface area contributed by atoms with Crippen molar-refractivity contribution in [2.75, 3.05) is 31.1 Å². The molecule has 0 radical (unpaired) electrons. The number of hydrogen-bond donors (Lipinski definition) is 2. The number of carbonyl (C=O) groups excluding carboxylic acids is 1. The standard InChI is InChI=1S/C26H24FN5O3/c27-20-4-1-17(2-5-20)25(35)22-16-32(10-7-24(33)34)26-21(22)13-19(15-30-26)18-3-6-23(29-14-18)31-11-8-28-9-12-31/h1-6,13-16,28H,7-12H2,(H,33,34). The Hall–Kier alpha value is -4.11. The van der Waals surface area contributed by atoms with E-state index in [0.717, 1.165) is 43.1 Å². The molecule has 2 N–H and O–H groups in total. The van der Waals surface area contributed by atoms with Crippen LogP contribution < -0.4 is 10.2 Å². The van der Waals surface area contributed by atoms with Crippen molar-refractivity contribution in [1.82, 2.24) is 19.9 Å². The number of fused-ring (bicyclic) bond motifs is 1. The highest BCUT2D eigenvalue weighted by molar-refractivity contribution is 6.16. The monoisotopic (exact) mass is 473 g/mol. The summed E-state index contributed by atoms with van der Waals surface area (Å²) in [5, 5.41) is 13.1. The Morgan fingerprint density at radius 2 is 1.74 bits per heavy atom. The molecule has 0 unspecified atom stereocenters. The maximum Gasteiger partial charge on any atom is 0.305 e. The second-order valence-corrected chi connectivity index (χ2v) is 8.45. The number of aromatic nitrogens is 3. The number of halogens is 1. The van der Waals surface area contributed by atoms with E-state index >= 15 is 0 Å². The van der Waals surface area contributed by atoms with Crippen LogP contribution in [0.5, 0.6) is 0 Å². The van der Waals surface area contributed by atoms with E-state index in [1.165, 1.54) is 24.3 Å². The number of aryl methyl sites for hydroxylation is 1. The van der Waals surface area contributed by atoms with Gasteiger partial charge in [-0.3, -0.25) is 9.59 Å². The largest absolute Gasteiger partial charge is 0.481 e. The van der Waals surface area contributed by atoms with Gasteiger partial charge in [-0.15, -0.1) is 0 Å². The Balaban J connectivity index is 1.53. The van der Waals surface area contributed by atoms with Crippen LogP contribution in [-0.2, 0) is 11.3 Å². The van der Waals surface area contributed by atoms with Crippen LogP contribution in [-0.4, -0.2) is 57.6 Å². The Morgan fingerprint density at radius 3 is 2.43 bits per heavy atom. The van der Waals surface area contributed by atoms with Crippen molar-refractivity contribution in [3.8, 4) is 11.1 Å². The van der Waals surface area contributed by atoms with E-state index in [-0.39, 0.29) is 18.7 Å². The van der Waals surface area contributed by atoms with E-state index in [2.05, 4.69) is 20.2 Å². The zero-order valence-corrected chi connectivity index (χ0v) is 18.9. The number of nitrogens with one attached hydrogen (secondary N) is 1. The van der Waals surface area contributed by atoms with Crippen molar-refractivity contribution in [2.45, 2.75) is 13.0 Å². The number of hydrogen-bond acceptors (Lipinski definition) is 6. The van der Waals surface area contributed by atoms with E-state index in [4.69, 9.17) is 5.11 Å². The molecule has 5 rings (SSSR count). The molecule has 3 aromatic heterocycles. The third-order valence-electron chi connectivity index (χ3n) is 6.15. The van der Waals surface area contributed by atoms with Gasteiger partial charge in [0, 0.05) is 79.0 Å². The normalized spacial score (nSPS) is 13.8. The molecular formula is C26H24FN5O3. The lowest BCUT2D eigenvalue weighted by atomic mass is 10.0. The average Bonchev–Trinajstić information content (AvgIpc) is 3.26. The van der Waals surface area contributed by atoms with Gasteiger partial charge in [0.05, 0.1) is 6.42 Å². The van der Waals surface area contributed by atoms with Crippen LogP contribution in [0.1, 0.15) is 22.3 Å². The van der Waals surface area contributed by atoms with Gasteiger partial charge in [0.25, 0.3) is 0 Å². The number of rotatable bonds is 7. The summed E-state index contributed by atoms with van der Waals surface area (Å²) in [5.41, 5.74) is 2.90. The van der Waals surface area contributed by atoms with Crippen LogP contribution in [0.4, 0.5) is 10.2 Å². The highest BCUT2D eigenvalue weighted by atomic mass is 19.1. The minimum atomic E-state index is -0.939. The van der Waals surface area contributed by atoms with Gasteiger partial charge in [0.2, 0.25) is 0 Å². The first kappa shape index (κ1) is 22.7. The number of carbonyl (C=O) groups is 2. The molecule has 0 bridgehead atoms. The second kappa shape index (κ2) is 9.63. The highest BCUT2D eigenvalue weighted by Crippen LogP contribution is 2.29. The van der Waals surface area contributed by atoms with Gasteiger partial charge < -0.3 is 19.9 Å². The number of piperazine rings is 1. The van der Waals surface area contributed by atoms with Gasteiger partial charge >= 0.3 is 5.97 Å². The predicted molar refractivity (Wildman–Crippen MR) is 130 cm³/mol. The van der Waals surface area contributed by atoms with Gasteiger partial charge in [-0.25, -0.2) is 14.4 Å². The first-order valence-corrected chi connectivity index (χ1v) is 11.4. The molecule has 0 aliphatic carbocycles. The van der Waals surface area contributed by atoms with Crippen molar-refractivity contribution >= 4 is 28.6 Å². The summed E-state index contributed by atoms with van der Waals surface area (Å²) in [7, 11) is 0. The average molecular weight is 474 g/mol. The summed E-state index contributed by atoms with van der Waals surface area (Å²) in [6.07, 6.45) is 5.02. The lowest BCUT2D eigenvalue weighted by Gasteiger charge is -2.28. The molecule has 0 atom stereocenters. The SMILES string of the molecule is O=C(O)CCn1cc(C(=O)c2ccc(F)cc2)c2cc(-c3ccc(N4CCNCC4)nc3)cnc21. The maximum atomic E-state index is 13.4. The second-order valence-electron chi connectivity index (χ2n) is 8.45. The van der Waals surface area contributed by atoms with Crippen LogP contribution in [0.15, 0.2) is 61.1 Å². The molecule has 1 aliphatic heterocycles. The number of aliphatic carboxylic acids is 1. The summed E-state index contributed by atoms with van der Waals surface area (Å²) in [5.74, 6) is -0.733. The zero-order valence-electron chi connectivity index (χ0n) is 18.9. The number of anilines is 1. The molecule has 1 fully saturated rings. The summed E-state index contributed by atoms with van der Waals surface area (Å²) in [6.45, 7) is 3.83. The number of nitrogens with zero attached hydrogens (tertiary/aromatic N) is 4. The van der Waals surface area contributed by atoms with Crippen molar-refractivity contribution in [3.63, 3.8) is 0 Å². The number of benzene rings is 1. The molecule has 178 valence electrons. The lowest BCUT2D eigenvalue weighted by Crippen LogP contribution is -2.43. The van der Waals surface area contributed by atoms with E-state index in [9.17, 15) is 14.0 Å². The van der Waals surface area contributed by atoms with Crippen LogP contribution >= 0.6 is 0 Å². The summed E-state index contributed by atoms with van der Waals surface area (Å²) >= 11 is 0.